The summed E-state index contributed by atoms with van der Waals surface area (Å²) < 4.78 is 15.3. The molecule has 10 heteroatoms. The lowest BCUT2D eigenvalue weighted by atomic mass is 10.2. The highest BCUT2D eigenvalue weighted by Gasteiger charge is 2.16. The molecule has 0 aromatic carbocycles. The van der Waals surface area contributed by atoms with Crippen LogP contribution in [0.15, 0.2) is 17.4 Å². The quantitative estimate of drug-likeness (QED) is 0.163. The number of aromatic nitrogens is 1. The minimum Gasteiger partial charge on any atom is -0.475 e. The van der Waals surface area contributed by atoms with Crippen LogP contribution in [0.3, 0.4) is 0 Å². The van der Waals surface area contributed by atoms with Crippen LogP contribution in [0.4, 0.5) is 5.69 Å². The second-order valence-electron chi connectivity index (χ2n) is 3.74. The first-order valence-corrected chi connectivity index (χ1v) is 5.92. The first kappa shape index (κ1) is 16.6. The van der Waals surface area contributed by atoms with Crippen LogP contribution in [0.1, 0.15) is 5.56 Å². The molecule has 0 aliphatic heterocycles. The number of ether oxygens (including phenoxy) is 3. The molecule has 0 unspecified atom stereocenters. The fourth-order valence-corrected chi connectivity index (χ4v) is 1.34. The van der Waals surface area contributed by atoms with Gasteiger partial charge in [0.05, 0.1) is 30.3 Å². The van der Waals surface area contributed by atoms with Crippen LogP contribution in [0.5, 0.6) is 5.88 Å². The van der Waals surface area contributed by atoms with Crippen molar-refractivity contribution in [3.8, 4) is 5.88 Å². The summed E-state index contributed by atoms with van der Waals surface area (Å²) >= 11 is 0. The number of hydrogen-bond acceptors (Lipinski definition) is 8. The lowest BCUT2D eigenvalue weighted by molar-refractivity contribution is -0.385. The van der Waals surface area contributed by atoms with Gasteiger partial charge in [0.2, 0.25) is 5.88 Å². The van der Waals surface area contributed by atoms with Gasteiger partial charge in [0.15, 0.2) is 5.84 Å². The Morgan fingerprint density at radius 2 is 2.19 bits per heavy atom. The maximum atomic E-state index is 10.7. The van der Waals surface area contributed by atoms with Crippen molar-refractivity contribution < 1.29 is 24.3 Å². The molecule has 0 aliphatic carbocycles. The highest BCUT2D eigenvalue weighted by molar-refractivity contribution is 5.99. The standard InChI is InChI=1S/C11H16N4O6/c1-19-2-3-20-4-5-21-11-9(10(12)14-16)6-8(7-13-11)15(17)18/h6-7,16H,2-5H2,1H3,(H2,12,14). The molecule has 1 aromatic heterocycles. The Morgan fingerprint density at radius 1 is 1.48 bits per heavy atom. The molecule has 0 bridgehead atoms. The summed E-state index contributed by atoms with van der Waals surface area (Å²) in [5.74, 6) is -0.312. The zero-order chi connectivity index (χ0) is 15.7. The van der Waals surface area contributed by atoms with Crippen LogP contribution in [0.25, 0.3) is 0 Å². The summed E-state index contributed by atoms with van der Waals surface area (Å²) in [6, 6.07) is 1.11. The minimum atomic E-state index is -0.640. The van der Waals surface area contributed by atoms with Crippen molar-refractivity contribution in [3.05, 3.63) is 27.9 Å². The molecular weight excluding hydrogens is 284 g/mol. The number of nitrogens with zero attached hydrogens (tertiary/aromatic N) is 3. The Hall–Kier alpha value is -2.46. The topological polar surface area (TPSA) is 142 Å². The van der Waals surface area contributed by atoms with Crippen molar-refractivity contribution in [2.75, 3.05) is 33.5 Å². The number of nitrogens with two attached hydrogens (primary N) is 1. The molecule has 0 aliphatic rings. The van der Waals surface area contributed by atoms with Crippen molar-refractivity contribution in [2.24, 2.45) is 10.9 Å². The van der Waals surface area contributed by atoms with E-state index in [1.54, 1.807) is 7.11 Å². The Balaban J connectivity index is 2.70. The van der Waals surface area contributed by atoms with Crippen LogP contribution in [0, 0.1) is 10.1 Å². The Morgan fingerprint density at radius 3 is 2.81 bits per heavy atom. The normalized spacial score (nSPS) is 11.4. The molecule has 3 N–H and O–H groups in total. The number of hydrogen-bond donors (Lipinski definition) is 2. The molecular formula is C11H16N4O6. The zero-order valence-corrected chi connectivity index (χ0v) is 11.4. The number of rotatable bonds is 9. The van der Waals surface area contributed by atoms with Gasteiger partial charge in [-0.1, -0.05) is 5.16 Å². The molecule has 1 aromatic rings. The third-order valence-electron chi connectivity index (χ3n) is 2.33. The highest BCUT2D eigenvalue weighted by Crippen LogP contribution is 2.20. The molecule has 1 rings (SSSR count). The van der Waals surface area contributed by atoms with E-state index in [0.717, 1.165) is 12.3 Å². The van der Waals surface area contributed by atoms with Gasteiger partial charge < -0.3 is 25.2 Å². The minimum absolute atomic E-state index is 0.0197. The predicted molar refractivity (Wildman–Crippen MR) is 71.6 cm³/mol. The van der Waals surface area contributed by atoms with E-state index in [1.807, 2.05) is 0 Å². The lowest BCUT2D eigenvalue weighted by Gasteiger charge is -2.09. The Labute approximate surface area is 120 Å². The van der Waals surface area contributed by atoms with Gasteiger partial charge in [-0.15, -0.1) is 0 Å². The monoisotopic (exact) mass is 300 g/mol. The summed E-state index contributed by atoms with van der Waals surface area (Å²) in [5, 5.41) is 22.2. The smallest absolute Gasteiger partial charge is 0.288 e. The van der Waals surface area contributed by atoms with Gasteiger partial charge in [-0.25, -0.2) is 4.98 Å². The second-order valence-corrected chi connectivity index (χ2v) is 3.74. The van der Waals surface area contributed by atoms with Crippen LogP contribution in [-0.4, -0.2) is 54.5 Å². The molecule has 21 heavy (non-hydrogen) atoms. The van der Waals surface area contributed by atoms with Crippen LogP contribution in [0.2, 0.25) is 0 Å². The summed E-state index contributed by atoms with van der Waals surface area (Å²) in [6.07, 6.45) is 1.02. The fourth-order valence-electron chi connectivity index (χ4n) is 1.34. The van der Waals surface area contributed by atoms with Crippen molar-refractivity contribution in [1.82, 2.24) is 4.98 Å². The van der Waals surface area contributed by atoms with Crippen LogP contribution >= 0.6 is 0 Å². The van der Waals surface area contributed by atoms with E-state index in [0.29, 0.717) is 13.2 Å². The number of methoxy groups -OCH3 is 1. The maximum absolute atomic E-state index is 10.7. The van der Waals surface area contributed by atoms with Gasteiger partial charge in [-0.05, 0) is 0 Å². The highest BCUT2D eigenvalue weighted by atomic mass is 16.6. The average molecular weight is 300 g/mol. The van der Waals surface area contributed by atoms with Gasteiger partial charge in [0.1, 0.15) is 12.8 Å². The average Bonchev–Trinajstić information content (AvgIpc) is 2.49. The Kier molecular flexibility index (Phi) is 6.84. The molecule has 0 atom stereocenters. The molecule has 0 radical (unpaired) electrons. The van der Waals surface area contributed by atoms with Gasteiger partial charge in [-0.2, -0.15) is 0 Å². The van der Waals surface area contributed by atoms with Crippen LogP contribution < -0.4 is 10.5 Å². The summed E-state index contributed by atoms with van der Waals surface area (Å²) in [6.45, 7) is 1.31. The molecule has 0 spiro atoms. The van der Waals surface area contributed by atoms with Crippen LogP contribution in [-0.2, 0) is 9.47 Å². The van der Waals surface area contributed by atoms with E-state index in [1.165, 1.54) is 0 Å². The van der Waals surface area contributed by atoms with E-state index < -0.39 is 4.92 Å². The lowest BCUT2D eigenvalue weighted by Crippen LogP contribution is -2.17. The third kappa shape index (κ3) is 5.20. The maximum Gasteiger partial charge on any atom is 0.288 e. The van der Waals surface area contributed by atoms with E-state index in [-0.39, 0.29) is 36.2 Å². The van der Waals surface area contributed by atoms with E-state index >= 15 is 0 Å². The zero-order valence-electron chi connectivity index (χ0n) is 11.4. The molecule has 10 nitrogen and oxygen atoms in total. The van der Waals surface area contributed by atoms with E-state index in [4.69, 9.17) is 25.2 Å². The first-order chi connectivity index (χ1) is 10.1. The van der Waals surface area contributed by atoms with Crippen molar-refractivity contribution in [3.63, 3.8) is 0 Å². The second kappa shape index (κ2) is 8.66. The number of nitro groups is 1. The predicted octanol–water partition coefficient (Wildman–Crippen LogP) is 0.126. The Bertz CT molecular complexity index is 507. The van der Waals surface area contributed by atoms with Crippen molar-refractivity contribution in [2.45, 2.75) is 0 Å². The SMILES string of the molecule is COCCOCCOc1ncc([N+](=O)[O-])cc1C(N)=NO. The van der Waals surface area contributed by atoms with E-state index in [2.05, 4.69) is 10.1 Å². The fraction of sp³-hybridized carbons (Fsp3) is 0.455. The summed E-state index contributed by atoms with van der Waals surface area (Å²) in [7, 11) is 1.56. The van der Waals surface area contributed by atoms with Gasteiger partial charge >= 0.3 is 0 Å². The molecule has 0 amide bonds. The third-order valence-corrected chi connectivity index (χ3v) is 2.33. The van der Waals surface area contributed by atoms with Gasteiger partial charge in [0, 0.05) is 13.2 Å². The molecule has 0 saturated heterocycles. The number of amidine groups is 1. The first-order valence-electron chi connectivity index (χ1n) is 5.92. The largest absolute Gasteiger partial charge is 0.475 e. The van der Waals surface area contributed by atoms with Gasteiger partial charge in [-0.3, -0.25) is 10.1 Å². The van der Waals surface area contributed by atoms with Crippen molar-refractivity contribution >= 4 is 11.5 Å². The number of pyridine rings is 1. The summed E-state index contributed by atoms with van der Waals surface area (Å²) in [5.41, 5.74) is 5.18. The van der Waals surface area contributed by atoms with E-state index in [9.17, 15) is 10.1 Å². The molecule has 0 fully saturated rings. The molecule has 116 valence electrons. The molecule has 0 saturated carbocycles. The molecule has 1 heterocycles. The number of oxime groups is 1. The van der Waals surface area contributed by atoms with Crippen molar-refractivity contribution in [1.29, 1.82) is 0 Å². The van der Waals surface area contributed by atoms with Gasteiger partial charge in [0.25, 0.3) is 5.69 Å². The summed E-state index contributed by atoms with van der Waals surface area (Å²) in [4.78, 5) is 13.8.